The van der Waals surface area contributed by atoms with Crippen LogP contribution >= 0.6 is 11.8 Å². The van der Waals surface area contributed by atoms with Crippen molar-refractivity contribution in [2.45, 2.75) is 12.1 Å². The number of benzene rings is 2. The summed E-state index contributed by atoms with van der Waals surface area (Å²) in [6, 6.07) is 13.8. The van der Waals surface area contributed by atoms with Gasteiger partial charge in [-0.1, -0.05) is 11.8 Å². The Kier molecular flexibility index (Phi) is 6.80. The lowest BCUT2D eigenvalue weighted by atomic mass is 10.2. The number of nitrogens with one attached hydrogen (secondary N) is 1. The van der Waals surface area contributed by atoms with Crippen LogP contribution in [0.1, 0.15) is 17.3 Å². The molecule has 0 aliphatic heterocycles. The van der Waals surface area contributed by atoms with Crippen LogP contribution in [-0.2, 0) is 9.53 Å². The van der Waals surface area contributed by atoms with Gasteiger partial charge in [-0.25, -0.2) is 4.79 Å². The van der Waals surface area contributed by atoms with Crippen LogP contribution in [0.4, 0.5) is 5.69 Å². The molecule has 1 aromatic heterocycles. The first-order valence-corrected chi connectivity index (χ1v) is 9.72. The number of aromatic nitrogens is 4. The third kappa shape index (κ3) is 5.32. The van der Waals surface area contributed by atoms with Gasteiger partial charge in [0.2, 0.25) is 11.1 Å². The van der Waals surface area contributed by atoms with Crippen molar-refractivity contribution in [1.29, 1.82) is 0 Å². The quantitative estimate of drug-likeness (QED) is 0.443. The summed E-state index contributed by atoms with van der Waals surface area (Å²) in [7, 11) is 1.59. The fourth-order valence-electron chi connectivity index (χ4n) is 2.39. The van der Waals surface area contributed by atoms with Crippen molar-refractivity contribution in [3.05, 3.63) is 54.1 Å². The van der Waals surface area contributed by atoms with E-state index in [9.17, 15) is 9.59 Å². The highest BCUT2D eigenvalue weighted by molar-refractivity contribution is 7.99. The molecular weight excluding hydrogens is 394 g/mol. The number of methoxy groups -OCH3 is 1. The first-order valence-electron chi connectivity index (χ1n) is 8.73. The number of esters is 1. The summed E-state index contributed by atoms with van der Waals surface area (Å²) in [5.41, 5.74) is 1.77. The topological polar surface area (TPSA) is 108 Å². The fraction of sp³-hybridized carbons (Fsp3) is 0.211. The van der Waals surface area contributed by atoms with Gasteiger partial charge in [-0.05, 0) is 65.9 Å². The summed E-state index contributed by atoms with van der Waals surface area (Å²) in [6.07, 6.45) is 0. The predicted molar refractivity (Wildman–Crippen MR) is 107 cm³/mol. The SMILES string of the molecule is CCOC(=O)c1ccc(NC(=O)CSc2nnnn2-c2ccc(OC)cc2)cc1. The van der Waals surface area contributed by atoms with Crippen LogP contribution in [0, 0.1) is 0 Å². The van der Waals surface area contributed by atoms with E-state index in [0.29, 0.717) is 23.0 Å². The van der Waals surface area contributed by atoms with Crippen LogP contribution in [0.15, 0.2) is 53.7 Å². The predicted octanol–water partition coefficient (Wildman–Crippen LogP) is 2.58. The number of hydrogen-bond donors (Lipinski definition) is 1. The Balaban J connectivity index is 1.57. The standard InChI is InChI=1S/C19H19N5O4S/c1-3-28-18(26)13-4-6-14(7-5-13)20-17(25)12-29-19-21-22-23-24(19)15-8-10-16(27-2)11-9-15/h4-11H,3,12H2,1-2H3,(H,20,25). The van der Waals surface area contributed by atoms with Gasteiger partial charge in [-0.3, -0.25) is 4.79 Å². The van der Waals surface area contributed by atoms with Crippen molar-refractivity contribution < 1.29 is 19.1 Å². The van der Waals surface area contributed by atoms with Gasteiger partial charge in [0.1, 0.15) is 5.75 Å². The monoisotopic (exact) mass is 413 g/mol. The fourth-order valence-corrected chi connectivity index (χ4v) is 3.08. The molecule has 150 valence electrons. The highest BCUT2D eigenvalue weighted by Crippen LogP contribution is 2.20. The maximum Gasteiger partial charge on any atom is 0.338 e. The molecule has 10 heteroatoms. The molecule has 29 heavy (non-hydrogen) atoms. The largest absolute Gasteiger partial charge is 0.497 e. The third-order valence-corrected chi connectivity index (χ3v) is 4.69. The molecule has 1 N–H and O–H groups in total. The van der Waals surface area contributed by atoms with Crippen molar-refractivity contribution in [3.8, 4) is 11.4 Å². The van der Waals surface area contributed by atoms with Crippen molar-refractivity contribution in [1.82, 2.24) is 20.2 Å². The van der Waals surface area contributed by atoms with E-state index < -0.39 is 5.97 Å². The molecule has 3 rings (SSSR count). The Morgan fingerprint density at radius 3 is 2.48 bits per heavy atom. The van der Waals surface area contributed by atoms with E-state index in [1.165, 1.54) is 11.8 Å². The summed E-state index contributed by atoms with van der Waals surface area (Å²) in [5, 5.41) is 14.9. The number of tetrazole rings is 1. The number of anilines is 1. The van der Waals surface area contributed by atoms with Gasteiger partial charge in [0.25, 0.3) is 0 Å². The maximum absolute atomic E-state index is 12.2. The van der Waals surface area contributed by atoms with Crippen molar-refractivity contribution in [2.75, 3.05) is 24.8 Å². The zero-order valence-corrected chi connectivity index (χ0v) is 16.7. The Labute approximate surface area is 171 Å². The Bertz CT molecular complexity index is 973. The molecule has 1 amide bonds. The van der Waals surface area contributed by atoms with E-state index in [2.05, 4.69) is 20.8 Å². The number of nitrogens with zero attached hydrogens (tertiary/aromatic N) is 4. The van der Waals surface area contributed by atoms with Crippen LogP contribution in [0.3, 0.4) is 0 Å². The second kappa shape index (κ2) is 9.69. The molecule has 0 spiro atoms. The van der Waals surface area contributed by atoms with Crippen LogP contribution in [0.5, 0.6) is 5.75 Å². The second-order valence-electron chi connectivity index (χ2n) is 5.71. The van der Waals surface area contributed by atoms with E-state index in [1.54, 1.807) is 55.1 Å². The molecule has 0 radical (unpaired) electrons. The number of carbonyl (C=O) groups is 2. The van der Waals surface area contributed by atoms with E-state index >= 15 is 0 Å². The molecule has 3 aromatic rings. The molecule has 0 saturated carbocycles. The minimum Gasteiger partial charge on any atom is -0.497 e. The molecule has 0 unspecified atom stereocenters. The highest BCUT2D eigenvalue weighted by atomic mass is 32.2. The Morgan fingerprint density at radius 2 is 1.83 bits per heavy atom. The van der Waals surface area contributed by atoms with Gasteiger partial charge in [-0.15, -0.1) is 5.10 Å². The number of amides is 1. The van der Waals surface area contributed by atoms with E-state index in [4.69, 9.17) is 9.47 Å². The maximum atomic E-state index is 12.2. The van der Waals surface area contributed by atoms with Crippen LogP contribution in [0.25, 0.3) is 5.69 Å². The minimum absolute atomic E-state index is 0.121. The van der Waals surface area contributed by atoms with E-state index in [-0.39, 0.29) is 11.7 Å². The number of thioether (sulfide) groups is 1. The van der Waals surface area contributed by atoms with Crippen molar-refractivity contribution >= 4 is 29.3 Å². The van der Waals surface area contributed by atoms with Gasteiger partial charge in [0, 0.05) is 5.69 Å². The molecule has 0 fully saturated rings. The lowest BCUT2D eigenvalue weighted by Gasteiger charge is -2.07. The average Bonchev–Trinajstić information content (AvgIpc) is 3.21. The van der Waals surface area contributed by atoms with Gasteiger partial charge >= 0.3 is 5.97 Å². The molecule has 0 aliphatic carbocycles. The summed E-state index contributed by atoms with van der Waals surface area (Å²) >= 11 is 1.21. The smallest absolute Gasteiger partial charge is 0.338 e. The molecule has 0 bridgehead atoms. The molecule has 1 heterocycles. The summed E-state index contributed by atoms with van der Waals surface area (Å²) in [4.78, 5) is 23.9. The molecule has 0 atom stereocenters. The van der Waals surface area contributed by atoms with E-state index in [0.717, 1.165) is 11.4 Å². The van der Waals surface area contributed by atoms with Crippen molar-refractivity contribution in [3.63, 3.8) is 0 Å². The molecule has 0 saturated heterocycles. The van der Waals surface area contributed by atoms with Gasteiger partial charge < -0.3 is 14.8 Å². The second-order valence-corrected chi connectivity index (χ2v) is 6.65. The summed E-state index contributed by atoms with van der Waals surface area (Å²) < 4.78 is 11.6. The number of carbonyl (C=O) groups excluding carboxylic acids is 2. The zero-order chi connectivity index (χ0) is 20.6. The molecule has 2 aromatic carbocycles. The normalized spacial score (nSPS) is 10.4. The highest BCUT2D eigenvalue weighted by Gasteiger charge is 2.12. The average molecular weight is 413 g/mol. The van der Waals surface area contributed by atoms with Crippen LogP contribution < -0.4 is 10.1 Å². The number of rotatable bonds is 8. The van der Waals surface area contributed by atoms with Crippen LogP contribution in [-0.4, -0.2) is 51.6 Å². The lowest BCUT2D eigenvalue weighted by molar-refractivity contribution is -0.113. The van der Waals surface area contributed by atoms with Crippen molar-refractivity contribution in [2.24, 2.45) is 0 Å². The minimum atomic E-state index is -0.397. The van der Waals surface area contributed by atoms with E-state index in [1.807, 2.05) is 12.1 Å². The zero-order valence-electron chi connectivity index (χ0n) is 15.9. The molecular formula is C19H19N5O4S. The summed E-state index contributed by atoms with van der Waals surface area (Å²) in [5.74, 6) is 0.231. The molecule has 0 aliphatic rings. The number of hydrogen-bond acceptors (Lipinski definition) is 8. The number of ether oxygens (including phenoxy) is 2. The third-order valence-electron chi connectivity index (χ3n) is 3.77. The Morgan fingerprint density at radius 1 is 1.10 bits per heavy atom. The van der Waals surface area contributed by atoms with Gasteiger partial charge in [-0.2, -0.15) is 4.68 Å². The first-order chi connectivity index (χ1) is 14.1. The van der Waals surface area contributed by atoms with Gasteiger partial charge in [0.05, 0.1) is 30.7 Å². The summed E-state index contributed by atoms with van der Waals surface area (Å²) in [6.45, 7) is 2.06. The van der Waals surface area contributed by atoms with Crippen LogP contribution in [0.2, 0.25) is 0 Å². The Hall–Kier alpha value is -3.40. The first kappa shape index (κ1) is 20.3. The lowest BCUT2D eigenvalue weighted by Crippen LogP contribution is -2.15. The molecule has 9 nitrogen and oxygen atoms in total. The van der Waals surface area contributed by atoms with Gasteiger partial charge in [0.15, 0.2) is 0 Å².